The van der Waals surface area contributed by atoms with Crippen molar-refractivity contribution in [3.05, 3.63) is 53.9 Å². The van der Waals surface area contributed by atoms with E-state index in [2.05, 4.69) is 38.1 Å². The molecule has 0 amide bonds. The zero-order valence-electron chi connectivity index (χ0n) is 14.1. The van der Waals surface area contributed by atoms with E-state index in [1.54, 1.807) is 10.8 Å². The lowest BCUT2D eigenvalue weighted by Crippen LogP contribution is -2.52. The van der Waals surface area contributed by atoms with Crippen molar-refractivity contribution >= 4 is 11.5 Å². The molecule has 0 N–H and O–H groups in total. The maximum atomic E-state index is 9.26. The van der Waals surface area contributed by atoms with E-state index in [1.807, 2.05) is 36.4 Å². The highest BCUT2D eigenvalue weighted by molar-refractivity contribution is 5.46. The van der Waals surface area contributed by atoms with Crippen LogP contribution in [0.4, 0.5) is 5.82 Å². The average molecular weight is 333 g/mol. The second-order valence-corrected chi connectivity index (χ2v) is 6.37. The molecule has 2 aromatic heterocycles. The molecule has 1 atom stereocenters. The summed E-state index contributed by atoms with van der Waals surface area (Å²) >= 11 is 0. The van der Waals surface area contributed by atoms with Crippen molar-refractivity contribution in [3.63, 3.8) is 0 Å². The van der Waals surface area contributed by atoms with E-state index in [9.17, 15) is 5.26 Å². The number of hydrogen-bond acceptors (Lipinski definition) is 6. The molecule has 3 aromatic rings. The molecule has 1 aromatic carbocycles. The Hall–Kier alpha value is -2.98. The predicted molar refractivity (Wildman–Crippen MR) is 94.0 cm³/mol. The third kappa shape index (κ3) is 3.04. The van der Waals surface area contributed by atoms with Gasteiger partial charge in [0.2, 0.25) is 0 Å². The van der Waals surface area contributed by atoms with Gasteiger partial charge in [-0.2, -0.15) is 9.78 Å². The SMILES string of the molecule is CC1CN(Cc2ccccc2C#N)CCN1c1ccc2nncn2n1. The number of benzene rings is 1. The Kier molecular flexibility index (Phi) is 4.04. The van der Waals surface area contributed by atoms with Crippen LogP contribution >= 0.6 is 0 Å². The molecular weight excluding hydrogens is 314 g/mol. The van der Waals surface area contributed by atoms with Crippen molar-refractivity contribution < 1.29 is 0 Å². The average Bonchev–Trinajstić information content (AvgIpc) is 3.10. The molecule has 126 valence electrons. The van der Waals surface area contributed by atoms with Gasteiger partial charge in [-0.05, 0) is 30.7 Å². The second-order valence-electron chi connectivity index (χ2n) is 6.37. The van der Waals surface area contributed by atoms with Gasteiger partial charge >= 0.3 is 0 Å². The van der Waals surface area contributed by atoms with E-state index < -0.39 is 0 Å². The number of fused-ring (bicyclic) bond motifs is 1. The Morgan fingerprint density at radius 1 is 1.20 bits per heavy atom. The van der Waals surface area contributed by atoms with Crippen LogP contribution in [0.25, 0.3) is 5.65 Å². The first-order valence-corrected chi connectivity index (χ1v) is 8.38. The molecule has 0 bridgehead atoms. The molecule has 1 unspecified atom stereocenters. The monoisotopic (exact) mass is 333 g/mol. The fourth-order valence-electron chi connectivity index (χ4n) is 3.40. The summed E-state index contributed by atoms with van der Waals surface area (Å²) in [5.41, 5.74) is 2.61. The number of nitriles is 1. The van der Waals surface area contributed by atoms with Crippen molar-refractivity contribution in [3.8, 4) is 6.07 Å². The zero-order valence-corrected chi connectivity index (χ0v) is 14.1. The number of nitrogens with zero attached hydrogens (tertiary/aromatic N) is 7. The lowest BCUT2D eigenvalue weighted by molar-refractivity contribution is 0.220. The van der Waals surface area contributed by atoms with Crippen LogP contribution in [0.1, 0.15) is 18.1 Å². The molecule has 7 heteroatoms. The third-order valence-corrected chi connectivity index (χ3v) is 4.69. The molecule has 25 heavy (non-hydrogen) atoms. The summed E-state index contributed by atoms with van der Waals surface area (Å²) in [6.07, 6.45) is 1.62. The molecule has 1 saturated heterocycles. The number of piperazine rings is 1. The first-order valence-electron chi connectivity index (χ1n) is 8.38. The van der Waals surface area contributed by atoms with Gasteiger partial charge in [-0.3, -0.25) is 4.90 Å². The molecule has 3 heterocycles. The summed E-state index contributed by atoms with van der Waals surface area (Å²) in [5, 5.41) is 21.7. The fourth-order valence-corrected chi connectivity index (χ4v) is 3.40. The largest absolute Gasteiger partial charge is 0.350 e. The van der Waals surface area contributed by atoms with E-state index in [-0.39, 0.29) is 0 Å². The summed E-state index contributed by atoms with van der Waals surface area (Å²) in [6, 6.07) is 14.4. The van der Waals surface area contributed by atoms with Crippen LogP contribution in [0.2, 0.25) is 0 Å². The minimum atomic E-state index is 0.337. The Morgan fingerprint density at radius 2 is 2.08 bits per heavy atom. The Morgan fingerprint density at radius 3 is 2.92 bits per heavy atom. The maximum absolute atomic E-state index is 9.26. The molecule has 0 radical (unpaired) electrons. The number of aromatic nitrogens is 4. The Bertz CT molecular complexity index is 926. The Balaban J connectivity index is 1.47. The molecule has 1 aliphatic heterocycles. The highest BCUT2D eigenvalue weighted by Gasteiger charge is 2.25. The molecule has 0 aliphatic carbocycles. The van der Waals surface area contributed by atoms with Gasteiger partial charge in [-0.1, -0.05) is 18.2 Å². The molecular formula is C18H19N7. The van der Waals surface area contributed by atoms with Gasteiger partial charge in [0.1, 0.15) is 12.1 Å². The van der Waals surface area contributed by atoms with E-state index in [1.165, 1.54) is 0 Å². The van der Waals surface area contributed by atoms with Crippen LogP contribution in [0.3, 0.4) is 0 Å². The van der Waals surface area contributed by atoms with E-state index >= 15 is 0 Å². The van der Waals surface area contributed by atoms with Crippen molar-refractivity contribution in [2.24, 2.45) is 0 Å². The summed E-state index contributed by atoms with van der Waals surface area (Å²) in [6.45, 7) is 5.78. The molecule has 0 saturated carbocycles. The van der Waals surface area contributed by atoms with E-state index in [0.29, 0.717) is 6.04 Å². The first-order chi connectivity index (χ1) is 12.2. The van der Waals surface area contributed by atoms with Crippen LogP contribution in [0.15, 0.2) is 42.7 Å². The minimum Gasteiger partial charge on any atom is -0.350 e. The molecule has 0 spiro atoms. The molecule has 7 nitrogen and oxygen atoms in total. The summed E-state index contributed by atoms with van der Waals surface area (Å²) in [5.74, 6) is 0.942. The molecule has 1 aliphatic rings. The summed E-state index contributed by atoms with van der Waals surface area (Å²) in [4.78, 5) is 4.71. The lowest BCUT2D eigenvalue weighted by atomic mass is 10.1. The van der Waals surface area contributed by atoms with Gasteiger partial charge in [-0.15, -0.1) is 15.3 Å². The topological polar surface area (TPSA) is 73.4 Å². The molecule has 1 fully saturated rings. The van der Waals surface area contributed by atoms with Crippen molar-refractivity contribution in [1.29, 1.82) is 5.26 Å². The second kappa shape index (κ2) is 6.49. The Labute approximate surface area is 146 Å². The predicted octanol–water partition coefficient (Wildman–Crippen LogP) is 1.71. The normalized spacial score (nSPS) is 18.4. The van der Waals surface area contributed by atoms with Crippen LogP contribution < -0.4 is 4.90 Å². The number of anilines is 1. The van der Waals surface area contributed by atoms with Crippen LogP contribution in [-0.4, -0.2) is 50.4 Å². The maximum Gasteiger partial charge on any atom is 0.177 e. The first kappa shape index (κ1) is 15.5. The van der Waals surface area contributed by atoms with Crippen molar-refractivity contribution in [2.45, 2.75) is 19.5 Å². The summed E-state index contributed by atoms with van der Waals surface area (Å²) < 4.78 is 1.71. The van der Waals surface area contributed by atoms with Gasteiger partial charge in [0.25, 0.3) is 0 Å². The van der Waals surface area contributed by atoms with Gasteiger partial charge in [-0.25, -0.2) is 0 Å². The van der Waals surface area contributed by atoms with Gasteiger partial charge in [0, 0.05) is 32.2 Å². The van der Waals surface area contributed by atoms with Gasteiger partial charge < -0.3 is 4.90 Å². The van der Waals surface area contributed by atoms with Crippen molar-refractivity contribution in [1.82, 2.24) is 24.7 Å². The van der Waals surface area contributed by atoms with Gasteiger partial charge in [0.05, 0.1) is 11.6 Å². The highest BCUT2D eigenvalue weighted by Crippen LogP contribution is 2.20. The van der Waals surface area contributed by atoms with Crippen LogP contribution in [0, 0.1) is 11.3 Å². The number of hydrogen-bond donors (Lipinski definition) is 0. The quantitative estimate of drug-likeness (QED) is 0.726. The fraction of sp³-hybridized carbons (Fsp3) is 0.333. The summed E-state index contributed by atoms with van der Waals surface area (Å²) in [7, 11) is 0. The third-order valence-electron chi connectivity index (χ3n) is 4.69. The zero-order chi connectivity index (χ0) is 17.2. The lowest BCUT2D eigenvalue weighted by Gasteiger charge is -2.40. The smallest absolute Gasteiger partial charge is 0.177 e. The van der Waals surface area contributed by atoms with E-state index in [4.69, 9.17) is 0 Å². The van der Waals surface area contributed by atoms with Crippen molar-refractivity contribution in [2.75, 3.05) is 24.5 Å². The molecule has 4 rings (SSSR count). The highest BCUT2D eigenvalue weighted by atomic mass is 15.4. The standard InChI is InChI=1S/C18H19N7/c1-14-11-23(12-16-5-3-2-4-15(16)10-19)8-9-24(14)18-7-6-17-21-20-13-25(17)22-18/h2-7,13-14H,8-9,11-12H2,1H3. The van der Waals surface area contributed by atoms with Crippen LogP contribution in [0.5, 0.6) is 0 Å². The van der Waals surface area contributed by atoms with Gasteiger partial charge in [0.15, 0.2) is 5.65 Å². The van der Waals surface area contributed by atoms with Crippen LogP contribution in [-0.2, 0) is 6.54 Å². The van der Waals surface area contributed by atoms with E-state index in [0.717, 1.165) is 48.8 Å². The minimum absolute atomic E-state index is 0.337. The number of rotatable bonds is 3.